The van der Waals surface area contributed by atoms with E-state index >= 15 is 0 Å². The molecular formula is C16H24N6O3. The number of hydrogen-bond acceptors (Lipinski definition) is 6. The fourth-order valence-corrected chi connectivity index (χ4v) is 3.23. The molecule has 1 fully saturated rings. The SMILES string of the molecule is C[C@@H]1CN(Cc2cn(Cc3cc(=O)n(C)c(=O)n3C)nn2)C[C@H](C)O1. The van der Waals surface area contributed by atoms with E-state index in [0.29, 0.717) is 18.8 Å². The van der Waals surface area contributed by atoms with Crippen LogP contribution in [0.3, 0.4) is 0 Å². The van der Waals surface area contributed by atoms with E-state index in [1.807, 2.05) is 6.20 Å². The van der Waals surface area contributed by atoms with E-state index in [9.17, 15) is 9.59 Å². The molecule has 0 bridgehead atoms. The highest BCUT2D eigenvalue weighted by Gasteiger charge is 2.22. The molecule has 1 aliphatic rings. The third kappa shape index (κ3) is 3.88. The van der Waals surface area contributed by atoms with E-state index in [4.69, 9.17) is 4.74 Å². The first-order chi connectivity index (χ1) is 11.8. The number of hydrogen-bond donors (Lipinski definition) is 0. The first-order valence-electron chi connectivity index (χ1n) is 8.36. The monoisotopic (exact) mass is 348 g/mol. The van der Waals surface area contributed by atoms with Crippen LogP contribution in [-0.4, -0.2) is 54.3 Å². The van der Waals surface area contributed by atoms with Gasteiger partial charge in [-0.05, 0) is 13.8 Å². The molecule has 0 aliphatic carbocycles. The summed E-state index contributed by atoms with van der Waals surface area (Å²) in [5.74, 6) is 0. The van der Waals surface area contributed by atoms with Crippen molar-refractivity contribution in [3.05, 3.63) is 44.5 Å². The Morgan fingerprint density at radius 3 is 2.48 bits per heavy atom. The molecule has 0 amide bonds. The molecule has 136 valence electrons. The van der Waals surface area contributed by atoms with E-state index in [2.05, 4.69) is 29.1 Å². The molecule has 3 heterocycles. The van der Waals surface area contributed by atoms with E-state index in [0.717, 1.165) is 23.4 Å². The lowest BCUT2D eigenvalue weighted by Crippen LogP contribution is -2.44. The summed E-state index contributed by atoms with van der Waals surface area (Å²) in [6, 6.07) is 1.45. The third-order valence-corrected chi connectivity index (χ3v) is 4.42. The van der Waals surface area contributed by atoms with Crippen LogP contribution in [0.1, 0.15) is 25.2 Å². The largest absolute Gasteiger partial charge is 0.373 e. The van der Waals surface area contributed by atoms with Gasteiger partial charge in [0.15, 0.2) is 0 Å². The van der Waals surface area contributed by atoms with Crippen molar-refractivity contribution in [3.63, 3.8) is 0 Å². The molecule has 3 rings (SSSR count). The van der Waals surface area contributed by atoms with Crippen LogP contribution < -0.4 is 11.2 Å². The lowest BCUT2D eigenvalue weighted by Gasteiger charge is -2.34. The van der Waals surface area contributed by atoms with Gasteiger partial charge in [-0.3, -0.25) is 18.8 Å². The van der Waals surface area contributed by atoms with Gasteiger partial charge in [0.25, 0.3) is 5.56 Å². The van der Waals surface area contributed by atoms with Gasteiger partial charge in [-0.2, -0.15) is 0 Å². The van der Waals surface area contributed by atoms with E-state index in [1.54, 1.807) is 11.7 Å². The average Bonchev–Trinajstić information content (AvgIpc) is 2.96. The lowest BCUT2D eigenvalue weighted by atomic mass is 10.2. The molecule has 9 heteroatoms. The van der Waals surface area contributed by atoms with Gasteiger partial charge in [0.2, 0.25) is 0 Å². The third-order valence-electron chi connectivity index (χ3n) is 4.42. The number of morpholine rings is 1. The number of aromatic nitrogens is 5. The number of ether oxygens (including phenoxy) is 1. The van der Waals surface area contributed by atoms with Gasteiger partial charge in [0.05, 0.1) is 30.6 Å². The summed E-state index contributed by atoms with van der Waals surface area (Å²) in [7, 11) is 3.11. The maximum Gasteiger partial charge on any atom is 0.330 e. The molecule has 0 N–H and O–H groups in total. The normalized spacial score (nSPS) is 21.6. The number of rotatable bonds is 4. The predicted molar refractivity (Wildman–Crippen MR) is 91.3 cm³/mol. The van der Waals surface area contributed by atoms with Gasteiger partial charge >= 0.3 is 5.69 Å². The summed E-state index contributed by atoms with van der Waals surface area (Å²) >= 11 is 0. The fourth-order valence-electron chi connectivity index (χ4n) is 3.23. The summed E-state index contributed by atoms with van der Waals surface area (Å²) in [6.45, 7) is 6.88. The van der Waals surface area contributed by atoms with Gasteiger partial charge in [-0.25, -0.2) is 9.48 Å². The Bertz CT molecular complexity index is 857. The molecule has 0 spiro atoms. The van der Waals surface area contributed by atoms with Gasteiger partial charge in [-0.1, -0.05) is 5.21 Å². The van der Waals surface area contributed by atoms with Crippen LogP contribution in [-0.2, 0) is 31.9 Å². The van der Waals surface area contributed by atoms with E-state index in [1.165, 1.54) is 17.7 Å². The Kier molecular flexibility index (Phi) is 4.87. The maximum atomic E-state index is 12.0. The standard InChI is InChI=1S/C16H24N6O3/c1-11-6-21(7-12(2)25-11)8-13-9-22(18-17-13)10-14-5-15(23)20(4)16(24)19(14)3/h5,9,11-12H,6-8,10H2,1-4H3/t11-,12+. The van der Waals surface area contributed by atoms with Crippen molar-refractivity contribution in [2.45, 2.75) is 39.1 Å². The van der Waals surface area contributed by atoms with Gasteiger partial charge < -0.3 is 4.74 Å². The number of nitrogens with zero attached hydrogens (tertiary/aromatic N) is 6. The van der Waals surface area contributed by atoms with Crippen LogP contribution in [0.2, 0.25) is 0 Å². The minimum Gasteiger partial charge on any atom is -0.373 e. The van der Waals surface area contributed by atoms with Crippen LogP contribution >= 0.6 is 0 Å². The Hall–Kier alpha value is -2.26. The van der Waals surface area contributed by atoms with Crippen LogP contribution in [0.4, 0.5) is 0 Å². The molecule has 0 saturated carbocycles. The highest BCUT2D eigenvalue weighted by atomic mass is 16.5. The zero-order valence-electron chi connectivity index (χ0n) is 15.0. The van der Waals surface area contributed by atoms with Crippen LogP contribution in [0.15, 0.2) is 21.9 Å². The molecule has 0 radical (unpaired) electrons. The molecule has 9 nitrogen and oxygen atoms in total. The second-order valence-electron chi connectivity index (χ2n) is 6.73. The molecular weight excluding hydrogens is 324 g/mol. The van der Waals surface area contributed by atoms with Crippen molar-refractivity contribution in [3.8, 4) is 0 Å². The first kappa shape index (κ1) is 17.6. The van der Waals surface area contributed by atoms with Gasteiger partial charge in [0, 0.05) is 45.5 Å². The zero-order chi connectivity index (χ0) is 18.1. The Morgan fingerprint density at radius 1 is 1.12 bits per heavy atom. The zero-order valence-corrected chi connectivity index (χ0v) is 15.0. The maximum absolute atomic E-state index is 12.0. The fraction of sp³-hybridized carbons (Fsp3) is 0.625. The quantitative estimate of drug-likeness (QED) is 0.729. The highest BCUT2D eigenvalue weighted by molar-refractivity contribution is 5.04. The van der Waals surface area contributed by atoms with Crippen molar-refractivity contribution in [2.75, 3.05) is 13.1 Å². The minimum absolute atomic E-state index is 0.203. The van der Waals surface area contributed by atoms with Crippen LogP contribution in [0, 0.1) is 0 Å². The summed E-state index contributed by atoms with van der Waals surface area (Å²) in [6.07, 6.45) is 2.26. The highest BCUT2D eigenvalue weighted by Crippen LogP contribution is 2.13. The minimum atomic E-state index is -0.348. The lowest BCUT2D eigenvalue weighted by molar-refractivity contribution is -0.0707. The molecule has 1 aliphatic heterocycles. The molecule has 25 heavy (non-hydrogen) atoms. The summed E-state index contributed by atoms with van der Waals surface area (Å²) in [5, 5.41) is 8.33. The van der Waals surface area contributed by atoms with E-state index < -0.39 is 0 Å². The van der Waals surface area contributed by atoms with Crippen LogP contribution in [0.5, 0.6) is 0 Å². The van der Waals surface area contributed by atoms with E-state index in [-0.39, 0.29) is 23.5 Å². The van der Waals surface area contributed by atoms with Gasteiger partial charge in [0.1, 0.15) is 0 Å². The Morgan fingerprint density at radius 2 is 1.80 bits per heavy atom. The van der Waals surface area contributed by atoms with Crippen molar-refractivity contribution in [1.29, 1.82) is 0 Å². The molecule has 2 atom stereocenters. The van der Waals surface area contributed by atoms with Crippen molar-refractivity contribution < 1.29 is 4.74 Å². The molecule has 2 aromatic rings. The van der Waals surface area contributed by atoms with Crippen molar-refractivity contribution in [1.82, 2.24) is 29.0 Å². The van der Waals surface area contributed by atoms with Crippen molar-refractivity contribution in [2.24, 2.45) is 14.1 Å². The molecule has 0 unspecified atom stereocenters. The Labute approximate surface area is 145 Å². The smallest absolute Gasteiger partial charge is 0.330 e. The first-order valence-corrected chi connectivity index (χ1v) is 8.36. The second kappa shape index (κ2) is 6.93. The van der Waals surface area contributed by atoms with Crippen molar-refractivity contribution >= 4 is 0 Å². The molecule has 2 aromatic heterocycles. The molecule has 1 saturated heterocycles. The molecule has 0 aromatic carbocycles. The van der Waals surface area contributed by atoms with Crippen LogP contribution in [0.25, 0.3) is 0 Å². The van der Waals surface area contributed by atoms with Gasteiger partial charge in [-0.15, -0.1) is 5.10 Å². The summed E-state index contributed by atoms with van der Waals surface area (Å²) < 4.78 is 9.92. The summed E-state index contributed by atoms with van der Waals surface area (Å²) in [4.78, 5) is 26.1. The second-order valence-corrected chi connectivity index (χ2v) is 6.73. The topological polar surface area (TPSA) is 87.2 Å². The predicted octanol–water partition coefficient (Wildman–Crippen LogP) is -0.667. The Balaban J connectivity index is 1.72. The summed E-state index contributed by atoms with van der Waals surface area (Å²) in [5.41, 5.74) is 0.780. The average molecular weight is 348 g/mol.